The highest BCUT2D eigenvalue weighted by molar-refractivity contribution is 6.35. The molecule has 1 heterocycles. The van der Waals surface area contributed by atoms with Crippen LogP contribution in [-0.2, 0) is 11.2 Å². The highest BCUT2D eigenvalue weighted by Gasteiger charge is 2.19. The second-order valence-electron chi connectivity index (χ2n) is 3.99. The predicted molar refractivity (Wildman–Crippen MR) is 69.3 cm³/mol. The third-order valence-electron chi connectivity index (χ3n) is 2.82. The van der Waals surface area contributed by atoms with Gasteiger partial charge in [0.1, 0.15) is 0 Å². The Hall–Kier alpha value is -1.81. The number of Topliss-reactive ketones (excluding diaryl/α,β-unsaturated/α-hetero) is 1. The van der Waals surface area contributed by atoms with E-state index in [1.54, 1.807) is 25.1 Å². The fraction of sp³-hybridized carbons (Fsp3) is 0.231. The number of ketones is 1. The summed E-state index contributed by atoms with van der Waals surface area (Å²) < 4.78 is 0. The number of carboxylic acid groups (broad SMARTS) is 1. The maximum Gasteiger partial charge on any atom is 0.307 e. The zero-order chi connectivity index (χ0) is 13.3. The number of aliphatic carboxylic acids is 1. The second kappa shape index (κ2) is 4.82. The number of benzene rings is 1. The van der Waals surface area contributed by atoms with Gasteiger partial charge in [0, 0.05) is 11.8 Å². The molecule has 4 nitrogen and oxygen atoms in total. The summed E-state index contributed by atoms with van der Waals surface area (Å²) in [5.41, 5.74) is 1.47. The van der Waals surface area contributed by atoms with Crippen molar-refractivity contribution >= 4 is 34.3 Å². The summed E-state index contributed by atoms with van der Waals surface area (Å²) in [7, 11) is 0. The maximum atomic E-state index is 11.8. The van der Waals surface area contributed by atoms with Crippen molar-refractivity contribution in [3.8, 4) is 0 Å². The van der Waals surface area contributed by atoms with Crippen molar-refractivity contribution in [1.29, 1.82) is 0 Å². The smallest absolute Gasteiger partial charge is 0.307 e. The summed E-state index contributed by atoms with van der Waals surface area (Å²) in [6.45, 7) is 1.74. The lowest BCUT2D eigenvalue weighted by molar-refractivity contribution is -0.136. The Labute approximate surface area is 109 Å². The van der Waals surface area contributed by atoms with Crippen LogP contribution in [0.2, 0.25) is 5.02 Å². The number of hydrogen-bond donors (Lipinski definition) is 2. The maximum absolute atomic E-state index is 11.8. The number of carbonyl (C=O) groups is 2. The van der Waals surface area contributed by atoms with Crippen LogP contribution in [0.4, 0.5) is 0 Å². The number of para-hydroxylation sites is 1. The van der Waals surface area contributed by atoms with Gasteiger partial charge < -0.3 is 10.1 Å². The molecule has 0 aliphatic carbocycles. The van der Waals surface area contributed by atoms with Crippen molar-refractivity contribution in [2.45, 2.75) is 19.8 Å². The van der Waals surface area contributed by atoms with Gasteiger partial charge in [-0.3, -0.25) is 9.59 Å². The lowest BCUT2D eigenvalue weighted by Gasteiger charge is -1.99. The fourth-order valence-corrected chi connectivity index (χ4v) is 2.21. The lowest BCUT2D eigenvalue weighted by Crippen LogP contribution is -2.06. The first-order chi connectivity index (χ1) is 8.54. The monoisotopic (exact) mass is 265 g/mol. The van der Waals surface area contributed by atoms with Gasteiger partial charge in [-0.25, -0.2) is 0 Å². The molecule has 0 radical (unpaired) electrons. The van der Waals surface area contributed by atoms with Crippen LogP contribution < -0.4 is 0 Å². The Morgan fingerprint density at radius 1 is 1.39 bits per heavy atom. The van der Waals surface area contributed by atoms with Crippen LogP contribution in [0.25, 0.3) is 10.9 Å². The van der Waals surface area contributed by atoms with E-state index < -0.39 is 5.97 Å². The normalized spacial score (nSPS) is 10.8. The van der Waals surface area contributed by atoms with E-state index >= 15 is 0 Å². The van der Waals surface area contributed by atoms with Gasteiger partial charge in [-0.15, -0.1) is 0 Å². The van der Waals surface area contributed by atoms with Crippen LogP contribution in [0.1, 0.15) is 29.4 Å². The van der Waals surface area contributed by atoms with Crippen LogP contribution in [-0.4, -0.2) is 21.8 Å². The zero-order valence-electron chi connectivity index (χ0n) is 9.79. The van der Waals surface area contributed by atoms with E-state index in [9.17, 15) is 9.59 Å². The number of halogens is 1. The molecule has 0 unspecified atom stereocenters. The quantitative estimate of drug-likeness (QED) is 0.835. The van der Waals surface area contributed by atoms with Crippen molar-refractivity contribution in [1.82, 2.24) is 4.98 Å². The fourth-order valence-electron chi connectivity index (χ4n) is 1.99. The summed E-state index contributed by atoms with van der Waals surface area (Å²) in [5, 5.41) is 10.1. The molecule has 2 rings (SSSR count). The topological polar surface area (TPSA) is 70.2 Å². The van der Waals surface area contributed by atoms with Crippen LogP contribution >= 0.6 is 11.6 Å². The Kier molecular flexibility index (Phi) is 3.39. The average Bonchev–Trinajstić information content (AvgIpc) is 2.68. The summed E-state index contributed by atoms with van der Waals surface area (Å²) in [4.78, 5) is 25.7. The van der Waals surface area contributed by atoms with E-state index in [-0.39, 0.29) is 12.2 Å². The number of carboxylic acids is 1. The molecular weight excluding hydrogens is 254 g/mol. The molecule has 1 aromatic carbocycles. The minimum atomic E-state index is -0.971. The highest BCUT2D eigenvalue weighted by Crippen LogP contribution is 2.29. The Morgan fingerprint density at radius 2 is 2.11 bits per heavy atom. The molecule has 0 amide bonds. The molecule has 5 heteroatoms. The molecule has 0 saturated heterocycles. The average molecular weight is 266 g/mol. The van der Waals surface area contributed by atoms with Gasteiger partial charge in [0.05, 0.1) is 22.7 Å². The Bertz CT molecular complexity index is 630. The van der Waals surface area contributed by atoms with Gasteiger partial charge in [-0.05, 0) is 11.6 Å². The van der Waals surface area contributed by atoms with Gasteiger partial charge in [0.15, 0.2) is 5.78 Å². The van der Waals surface area contributed by atoms with E-state index in [0.717, 1.165) is 0 Å². The van der Waals surface area contributed by atoms with Crippen LogP contribution in [0.15, 0.2) is 18.2 Å². The molecule has 0 aliphatic heterocycles. The van der Waals surface area contributed by atoms with E-state index in [0.29, 0.717) is 33.6 Å². The van der Waals surface area contributed by atoms with Gasteiger partial charge in [0.25, 0.3) is 0 Å². The lowest BCUT2D eigenvalue weighted by atomic mass is 10.0. The number of hydrogen-bond acceptors (Lipinski definition) is 2. The minimum absolute atomic E-state index is 0.112. The number of fused-ring (bicyclic) bond motifs is 1. The number of nitrogens with one attached hydrogen (secondary N) is 1. The largest absolute Gasteiger partial charge is 0.481 e. The predicted octanol–water partition coefficient (Wildman–Crippen LogP) is 3.04. The molecule has 2 N–H and O–H groups in total. The van der Waals surface area contributed by atoms with E-state index in [4.69, 9.17) is 16.7 Å². The summed E-state index contributed by atoms with van der Waals surface area (Å²) in [5.74, 6) is -1.08. The van der Waals surface area contributed by atoms with Gasteiger partial charge >= 0.3 is 5.97 Å². The van der Waals surface area contributed by atoms with Crippen LogP contribution in [0.3, 0.4) is 0 Å². The van der Waals surface area contributed by atoms with E-state index in [1.165, 1.54) is 0 Å². The van der Waals surface area contributed by atoms with Crippen molar-refractivity contribution in [2.75, 3.05) is 0 Å². The van der Waals surface area contributed by atoms with E-state index in [1.807, 2.05) is 0 Å². The molecule has 1 aromatic heterocycles. The molecule has 0 bridgehead atoms. The highest BCUT2D eigenvalue weighted by atomic mass is 35.5. The van der Waals surface area contributed by atoms with E-state index in [2.05, 4.69) is 4.98 Å². The zero-order valence-corrected chi connectivity index (χ0v) is 10.5. The standard InChI is InChI=1S/C13H12ClNO3/c1-2-10(16)13-8(6-11(17)18)7-4-3-5-9(14)12(7)15-13/h3-5,15H,2,6H2,1H3,(H,17,18). The molecular formula is C13H12ClNO3. The molecule has 18 heavy (non-hydrogen) atoms. The van der Waals surface area contributed by atoms with Crippen molar-refractivity contribution in [2.24, 2.45) is 0 Å². The summed E-state index contributed by atoms with van der Waals surface area (Å²) >= 11 is 6.04. The molecule has 94 valence electrons. The molecule has 0 aliphatic rings. The van der Waals surface area contributed by atoms with Gasteiger partial charge in [-0.2, -0.15) is 0 Å². The first kappa shape index (κ1) is 12.6. The Morgan fingerprint density at radius 3 is 2.72 bits per heavy atom. The third-order valence-corrected chi connectivity index (χ3v) is 3.13. The number of carbonyl (C=O) groups excluding carboxylic acids is 1. The van der Waals surface area contributed by atoms with Crippen molar-refractivity contribution in [3.05, 3.63) is 34.5 Å². The minimum Gasteiger partial charge on any atom is -0.481 e. The number of aromatic nitrogens is 1. The number of H-pyrrole nitrogens is 1. The summed E-state index contributed by atoms with van der Waals surface area (Å²) in [6.07, 6.45) is 0.123. The third kappa shape index (κ3) is 2.11. The van der Waals surface area contributed by atoms with Crippen molar-refractivity contribution in [3.63, 3.8) is 0 Å². The molecule has 0 atom stereocenters. The molecule has 0 spiro atoms. The van der Waals surface area contributed by atoms with Crippen LogP contribution in [0, 0.1) is 0 Å². The van der Waals surface area contributed by atoms with Crippen LogP contribution in [0.5, 0.6) is 0 Å². The number of aromatic amines is 1. The first-order valence-electron chi connectivity index (χ1n) is 5.58. The first-order valence-corrected chi connectivity index (χ1v) is 5.96. The molecule has 0 saturated carbocycles. The molecule has 2 aromatic rings. The second-order valence-corrected chi connectivity index (χ2v) is 4.40. The molecule has 0 fully saturated rings. The number of rotatable bonds is 4. The van der Waals surface area contributed by atoms with Gasteiger partial charge in [-0.1, -0.05) is 30.7 Å². The van der Waals surface area contributed by atoms with Gasteiger partial charge in [0.2, 0.25) is 0 Å². The summed E-state index contributed by atoms with van der Waals surface area (Å²) in [6, 6.07) is 5.21. The SMILES string of the molecule is CCC(=O)c1[nH]c2c(Cl)cccc2c1CC(=O)O. The Balaban J connectivity index is 2.72. The van der Waals surface area contributed by atoms with Crippen molar-refractivity contribution < 1.29 is 14.7 Å².